The molecule has 6 nitrogen and oxygen atoms in total. The molecule has 0 saturated heterocycles. The Morgan fingerprint density at radius 1 is 1.04 bits per heavy atom. The maximum absolute atomic E-state index is 10.8. The van der Waals surface area contributed by atoms with Crippen molar-refractivity contribution in [3.05, 3.63) is 48.5 Å². The van der Waals surface area contributed by atoms with Crippen LogP contribution in [-0.4, -0.2) is 37.9 Å². The van der Waals surface area contributed by atoms with Gasteiger partial charge in [-0.1, -0.05) is 12.1 Å². The second-order valence-electron chi connectivity index (χ2n) is 5.00. The highest BCUT2D eigenvalue weighted by atomic mass is 32.2. The number of ether oxygens (including phenoxy) is 1. The van der Waals surface area contributed by atoms with Crippen LogP contribution in [0.5, 0.6) is 5.75 Å². The van der Waals surface area contributed by atoms with E-state index in [1.165, 1.54) is 0 Å². The van der Waals surface area contributed by atoms with E-state index in [-0.39, 0.29) is 13.2 Å². The Bertz CT molecular complexity index is 868. The first-order valence-corrected chi connectivity index (χ1v) is 8.85. The molecule has 3 rings (SSSR count). The van der Waals surface area contributed by atoms with E-state index in [0.29, 0.717) is 5.75 Å². The molecule has 0 fully saturated rings. The van der Waals surface area contributed by atoms with E-state index >= 15 is 0 Å². The highest BCUT2D eigenvalue weighted by Gasteiger charge is 2.05. The Kier molecular flexibility index (Phi) is 4.31. The molecule has 0 atom stereocenters. The molecule has 0 saturated carbocycles. The van der Waals surface area contributed by atoms with Crippen LogP contribution in [-0.2, 0) is 14.3 Å². The van der Waals surface area contributed by atoms with E-state index in [9.17, 15) is 8.42 Å². The van der Waals surface area contributed by atoms with Gasteiger partial charge in [0.15, 0.2) is 0 Å². The number of hydrogen-bond donors (Lipinski definition) is 1. The first-order chi connectivity index (χ1) is 11.0. The molecule has 0 aliphatic carbocycles. The number of fused-ring (bicyclic) bond motifs is 1. The number of nitrogens with zero attached hydrogens (tertiary/aromatic N) is 1. The van der Waals surface area contributed by atoms with Crippen molar-refractivity contribution in [2.75, 3.05) is 19.5 Å². The number of aromatic nitrogens is 2. The topological polar surface area (TPSA) is 81.3 Å². The number of para-hydroxylation sites is 2. The van der Waals surface area contributed by atoms with Crippen molar-refractivity contribution in [3.8, 4) is 17.1 Å². The molecule has 0 aliphatic heterocycles. The second kappa shape index (κ2) is 6.39. The minimum atomic E-state index is -3.43. The van der Waals surface area contributed by atoms with Crippen LogP contribution in [0.3, 0.4) is 0 Å². The fourth-order valence-electron chi connectivity index (χ4n) is 2.14. The van der Waals surface area contributed by atoms with Gasteiger partial charge >= 0.3 is 0 Å². The van der Waals surface area contributed by atoms with E-state index in [2.05, 4.69) is 14.2 Å². The predicted molar refractivity (Wildman–Crippen MR) is 87.8 cm³/mol. The van der Waals surface area contributed by atoms with Crippen LogP contribution < -0.4 is 4.74 Å². The molecule has 0 radical (unpaired) electrons. The zero-order valence-electron chi connectivity index (χ0n) is 12.5. The standard InChI is InChI=1S/C16H16N2O4S/c1-23(19,20)22-11-10-21-13-8-6-12(7-9-13)16-17-14-4-2-3-5-15(14)18-16/h2-9H,10-11H2,1H3,(H,17,18). The minimum Gasteiger partial charge on any atom is -0.491 e. The van der Waals surface area contributed by atoms with E-state index in [4.69, 9.17) is 4.74 Å². The van der Waals surface area contributed by atoms with E-state index in [0.717, 1.165) is 28.7 Å². The lowest BCUT2D eigenvalue weighted by Gasteiger charge is -2.06. The lowest BCUT2D eigenvalue weighted by atomic mass is 10.2. The molecule has 3 aromatic rings. The number of nitrogens with one attached hydrogen (secondary N) is 1. The van der Waals surface area contributed by atoms with Crippen molar-refractivity contribution < 1.29 is 17.3 Å². The number of H-pyrrole nitrogens is 1. The summed E-state index contributed by atoms with van der Waals surface area (Å²) in [5.74, 6) is 1.43. The van der Waals surface area contributed by atoms with Gasteiger partial charge in [0.05, 0.1) is 17.3 Å². The van der Waals surface area contributed by atoms with Gasteiger partial charge in [0.25, 0.3) is 10.1 Å². The summed E-state index contributed by atoms with van der Waals surface area (Å²) in [6.07, 6.45) is 1.01. The molecule has 0 amide bonds. The van der Waals surface area contributed by atoms with Gasteiger partial charge in [-0.2, -0.15) is 8.42 Å². The van der Waals surface area contributed by atoms with Gasteiger partial charge < -0.3 is 9.72 Å². The molecule has 0 aliphatic rings. The molecule has 0 bridgehead atoms. The molecule has 1 heterocycles. The summed E-state index contributed by atoms with van der Waals surface area (Å²) < 4.78 is 31.7. The van der Waals surface area contributed by atoms with E-state index < -0.39 is 10.1 Å². The third-order valence-electron chi connectivity index (χ3n) is 3.17. The van der Waals surface area contributed by atoms with Crippen molar-refractivity contribution >= 4 is 21.2 Å². The van der Waals surface area contributed by atoms with Crippen molar-refractivity contribution in [1.29, 1.82) is 0 Å². The van der Waals surface area contributed by atoms with Gasteiger partial charge in [-0.05, 0) is 36.4 Å². The third kappa shape index (κ3) is 4.08. The minimum absolute atomic E-state index is 0.00976. The summed E-state index contributed by atoms with van der Waals surface area (Å²) in [4.78, 5) is 7.79. The molecule has 0 spiro atoms. The fourth-order valence-corrected chi connectivity index (χ4v) is 2.51. The SMILES string of the molecule is CS(=O)(=O)OCCOc1ccc(-c2nc3ccccc3[nH]2)cc1. The Morgan fingerprint density at radius 2 is 1.78 bits per heavy atom. The fraction of sp³-hybridized carbons (Fsp3) is 0.188. The van der Waals surface area contributed by atoms with Gasteiger partial charge in [0, 0.05) is 5.56 Å². The summed E-state index contributed by atoms with van der Waals surface area (Å²) in [7, 11) is -3.43. The van der Waals surface area contributed by atoms with Gasteiger partial charge in [-0.15, -0.1) is 0 Å². The van der Waals surface area contributed by atoms with Crippen LogP contribution in [0.15, 0.2) is 48.5 Å². The average Bonchev–Trinajstić information content (AvgIpc) is 2.95. The van der Waals surface area contributed by atoms with Crippen LogP contribution in [0.4, 0.5) is 0 Å². The monoisotopic (exact) mass is 332 g/mol. The van der Waals surface area contributed by atoms with Gasteiger partial charge in [0.1, 0.15) is 24.8 Å². The molecule has 0 unspecified atom stereocenters. The lowest BCUT2D eigenvalue weighted by Crippen LogP contribution is -2.11. The maximum atomic E-state index is 10.8. The zero-order valence-corrected chi connectivity index (χ0v) is 13.3. The van der Waals surface area contributed by atoms with Crippen molar-refractivity contribution in [2.45, 2.75) is 0 Å². The molecule has 23 heavy (non-hydrogen) atoms. The summed E-state index contributed by atoms with van der Waals surface area (Å²) in [6, 6.07) is 15.2. The van der Waals surface area contributed by atoms with E-state index in [1.54, 1.807) is 0 Å². The van der Waals surface area contributed by atoms with Crippen molar-refractivity contribution in [3.63, 3.8) is 0 Å². The normalized spacial score (nSPS) is 11.7. The zero-order chi connectivity index (χ0) is 16.3. The quantitative estimate of drug-likeness (QED) is 0.554. The highest BCUT2D eigenvalue weighted by Crippen LogP contribution is 2.22. The van der Waals surface area contributed by atoms with Crippen LogP contribution in [0.1, 0.15) is 0 Å². The smallest absolute Gasteiger partial charge is 0.264 e. The predicted octanol–water partition coefficient (Wildman–Crippen LogP) is 2.58. The molecular formula is C16H16N2O4S. The number of imidazole rings is 1. The Hall–Kier alpha value is -2.38. The maximum Gasteiger partial charge on any atom is 0.264 e. The summed E-state index contributed by atoms with van der Waals surface area (Å²) >= 11 is 0. The van der Waals surface area contributed by atoms with Crippen LogP contribution >= 0.6 is 0 Å². The lowest BCUT2D eigenvalue weighted by molar-refractivity contribution is 0.222. The first kappa shape index (κ1) is 15.5. The van der Waals surface area contributed by atoms with Crippen molar-refractivity contribution in [2.24, 2.45) is 0 Å². The molecule has 2 aromatic carbocycles. The Labute approximate surface area is 134 Å². The molecule has 7 heteroatoms. The van der Waals surface area contributed by atoms with Gasteiger partial charge in [-0.3, -0.25) is 4.18 Å². The van der Waals surface area contributed by atoms with Crippen LogP contribution in [0.2, 0.25) is 0 Å². The Morgan fingerprint density at radius 3 is 2.48 bits per heavy atom. The molecule has 1 N–H and O–H groups in total. The number of rotatable bonds is 6. The first-order valence-electron chi connectivity index (χ1n) is 7.04. The van der Waals surface area contributed by atoms with Gasteiger partial charge in [-0.25, -0.2) is 4.98 Å². The molecule has 1 aromatic heterocycles. The molecular weight excluding hydrogens is 316 g/mol. The second-order valence-corrected chi connectivity index (χ2v) is 6.65. The Balaban J connectivity index is 1.65. The summed E-state index contributed by atoms with van der Waals surface area (Å²) in [6.45, 7) is 0.154. The number of benzene rings is 2. The largest absolute Gasteiger partial charge is 0.491 e. The summed E-state index contributed by atoms with van der Waals surface area (Å²) in [5, 5.41) is 0. The van der Waals surface area contributed by atoms with Crippen LogP contribution in [0, 0.1) is 0 Å². The van der Waals surface area contributed by atoms with Crippen LogP contribution in [0.25, 0.3) is 22.4 Å². The van der Waals surface area contributed by atoms with Crippen molar-refractivity contribution in [1.82, 2.24) is 9.97 Å². The highest BCUT2D eigenvalue weighted by molar-refractivity contribution is 7.85. The van der Waals surface area contributed by atoms with E-state index in [1.807, 2.05) is 48.5 Å². The van der Waals surface area contributed by atoms with Gasteiger partial charge in [0.2, 0.25) is 0 Å². The average molecular weight is 332 g/mol. The molecule has 120 valence electrons. The summed E-state index contributed by atoms with van der Waals surface area (Å²) in [5.41, 5.74) is 2.85. The third-order valence-corrected chi connectivity index (χ3v) is 3.76. The number of aromatic amines is 1. The number of hydrogen-bond acceptors (Lipinski definition) is 5.